The van der Waals surface area contributed by atoms with Crippen molar-refractivity contribution in [2.45, 2.75) is 0 Å². The molecule has 7 aromatic rings. The van der Waals surface area contributed by atoms with Gasteiger partial charge in [-0.05, 0) is 138 Å². The van der Waals surface area contributed by atoms with Gasteiger partial charge in [-0.1, -0.05) is 36.4 Å². The molecule has 9 rings (SSSR count). The van der Waals surface area contributed by atoms with Gasteiger partial charge in [0, 0.05) is 39.8 Å². The zero-order chi connectivity index (χ0) is 36.8. The van der Waals surface area contributed by atoms with Gasteiger partial charge in [0.15, 0.2) is 0 Å². The smallest absolute Gasteiger partial charge is 0.252 e. The summed E-state index contributed by atoms with van der Waals surface area (Å²) in [7, 11) is 6.85. The molecule has 0 saturated carbocycles. The molecule has 264 valence electrons. The molecule has 0 bridgehead atoms. The van der Waals surface area contributed by atoms with E-state index < -0.39 is 0 Å². The van der Waals surface area contributed by atoms with E-state index in [-0.39, 0.29) is 6.71 Å². The van der Waals surface area contributed by atoms with E-state index in [1.165, 1.54) is 0 Å². The molecule has 0 N–H and O–H groups in total. The molecule has 7 aromatic carbocycles. The molecule has 0 amide bonds. The number of anilines is 9. The van der Waals surface area contributed by atoms with Crippen molar-refractivity contribution in [1.82, 2.24) is 0 Å². The first-order chi connectivity index (χ1) is 26.6. The Kier molecular flexibility index (Phi) is 8.35. The summed E-state index contributed by atoms with van der Waals surface area (Å²) in [5.41, 5.74) is 12.9. The van der Waals surface area contributed by atoms with Gasteiger partial charge in [-0.3, -0.25) is 0 Å². The second-order valence-corrected chi connectivity index (χ2v) is 13.2. The molecule has 0 aliphatic carbocycles. The molecule has 0 atom stereocenters. The maximum absolute atomic E-state index is 5.91. The van der Waals surface area contributed by atoms with Gasteiger partial charge in [-0.25, -0.2) is 0 Å². The van der Waals surface area contributed by atoms with E-state index in [9.17, 15) is 0 Å². The third-order valence-electron chi connectivity index (χ3n) is 10.4. The summed E-state index contributed by atoms with van der Waals surface area (Å²) < 4.78 is 23.0. The van der Waals surface area contributed by atoms with Crippen LogP contribution in [-0.4, -0.2) is 35.2 Å². The lowest BCUT2D eigenvalue weighted by molar-refractivity contribution is 0.414. The SMILES string of the molecule is COc1ccc(N2c3ccc(OC)cc3B3c4cc(OC)ccc4N(c4ccc(OC)cc4)c4c(N(c5ccccc5)c5ccccc5)ccc2c43)cc1. The van der Waals surface area contributed by atoms with Crippen molar-refractivity contribution in [2.75, 3.05) is 43.1 Å². The van der Waals surface area contributed by atoms with Gasteiger partial charge < -0.3 is 33.6 Å². The van der Waals surface area contributed by atoms with Crippen molar-refractivity contribution in [3.05, 3.63) is 158 Å². The number of para-hydroxylation sites is 2. The number of nitrogens with zero attached hydrogens (tertiary/aromatic N) is 3. The van der Waals surface area contributed by atoms with E-state index in [1.54, 1.807) is 28.4 Å². The van der Waals surface area contributed by atoms with Crippen LogP contribution in [0.25, 0.3) is 0 Å². The van der Waals surface area contributed by atoms with Gasteiger partial charge in [0.1, 0.15) is 23.0 Å². The number of benzene rings is 7. The van der Waals surface area contributed by atoms with Gasteiger partial charge in [-0.15, -0.1) is 0 Å². The standard InChI is InChI=1S/C46H38BN3O4/c1-51-35-19-15-33(16-20-35)49-41-25-23-37(53-3)29-39(41)47-40-30-38(54-4)24-26-42(40)50(34-17-21-36(52-2)22-18-34)46-44(28-27-43(49)45(46)47)48(31-11-7-5-8-12-31)32-13-9-6-10-14-32/h5-30H,1-4H3. The Balaban J connectivity index is 1.43. The van der Waals surface area contributed by atoms with Crippen molar-refractivity contribution >= 4 is 74.3 Å². The summed E-state index contributed by atoms with van der Waals surface area (Å²) >= 11 is 0. The van der Waals surface area contributed by atoms with Crippen LogP contribution in [0.1, 0.15) is 0 Å². The van der Waals surface area contributed by atoms with Gasteiger partial charge in [0.2, 0.25) is 0 Å². The number of fused-ring (bicyclic) bond motifs is 4. The van der Waals surface area contributed by atoms with Gasteiger partial charge in [0.05, 0.1) is 39.8 Å². The average Bonchev–Trinajstić information content (AvgIpc) is 3.24. The van der Waals surface area contributed by atoms with Crippen LogP contribution in [0.2, 0.25) is 0 Å². The summed E-state index contributed by atoms with van der Waals surface area (Å²) in [6.45, 7) is -0.164. The molecule has 2 aliphatic rings. The van der Waals surface area contributed by atoms with E-state index in [4.69, 9.17) is 18.9 Å². The Hall–Kier alpha value is -6.80. The highest BCUT2D eigenvalue weighted by Gasteiger charge is 2.45. The number of rotatable bonds is 9. The van der Waals surface area contributed by atoms with Crippen molar-refractivity contribution in [1.29, 1.82) is 0 Å². The summed E-state index contributed by atoms with van der Waals surface area (Å²) in [5.74, 6) is 3.18. The molecular weight excluding hydrogens is 669 g/mol. The van der Waals surface area contributed by atoms with Gasteiger partial charge >= 0.3 is 0 Å². The van der Waals surface area contributed by atoms with Crippen LogP contribution in [0.3, 0.4) is 0 Å². The third kappa shape index (κ3) is 5.37. The summed E-state index contributed by atoms with van der Waals surface area (Å²) in [4.78, 5) is 7.12. The van der Waals surface area contributed by atoms with Gasteiger partial charge in [-0.2, -0.15) is 0 Å². The van der Waals surface area contributed by atoms with Crippen LogP contribution in [0.5, 0.6) is 23.0 Å². The van der Waals surface area contributed by atoms with E-state index in [0.717, 1.165) is 90.6 Å². The third-order valence-corrected chi connectivity index (χ3v) is 10.4. The van der Waals surface area contributed by atoms with Crippen LogP contribution in [-0.2, 0) is 0 Å². The van der Waals surface area contributed by atoms with Crippen molar-refractivity contribution in [3.8, 4) is 23.0 Å². The molecule has 0 radical (unpaired) electrons. The largest absolute Gasteiger partial charge is 0.497 e. The summed E-state index contributed by atoms with van der Waals surface area (Å²) in [6, 6.07) is 55.1. The quantitative estimate of drug-likeness (QED) is 0.139. The fourth-order valence-corrected chi connectivity index (χ4v) is 7.99. The monoisotopic (exact) mass is 707 g/mol. The molecule has 2 heterocycles. The first-order valence-electron chi connectivity index (χ1n) is 17.9. The highest BCUT2D eigenvalue weighted by atomic mass is 16.5. The fraction of sp³-hybridized carbons (Fsp3) is 0.0870. The highest BCUT2D eigenvalue weighted by Crippen LogP contribution is 2.51. The second kappa shape index (κ2) is 13.6. The first kappa shape index (κ1) is 33.1. The van der Waals surface area contributed by atoms with Gasteiger partial charge in [0.25, 0.3) is 6.71 Å². The Labute approximate surface area is 316 Å². The summed E-state index contributed by atoms with van der Waals surface area (Å²) in [5, 5.41) is 0. The van der Waals surface area contributed by atoms with Crippen LogP contribution in [0.15, 0.2) is 158 Å². The first-order valence-corrected chi connectivity index (χ1v) is 17.9. The van der Waals surface area contributed by atoms with Crippen LogP contribution in [0, 0.1) is 0 Å². The minimum atomic E-state index is -0.164. The molecular formula is C46H38BN3O4. The molecule has 0 unspecified atom stereocenters. The lowest BCUT2D eigenvalue weighted by Crippen LogP contribution is -2.61. The predicted octanol–water partition coefficient (Wildman–Crippen LogP) is 9.27. The Bertz CT molecular complexity index is 2400. The number of methoxy groups -OCH3 is 4. The molecule has 2 aliphatic heterocycles. The zero-order valence-corrected chi connectivity index (χ0v) is 30.6. The van der Waals surface area contributed by atoms with Crippen molar-refractivity contribution < 1.29 is 18.9 Å². The molecule has 54 heavy (non-hydrogen) atoms. The lowest BCUT2D eigenvalue weighted by atomic mass is 9.33. The predicted molar refractivity (Wildman–Crippen MR) is 221 cm³/mol. The molecule has 7 nitrogen and oxygen atoms in total. The van der Waals surface area contributed by atoms with E-state index in [1.807, 2.05) is 30.3 Å². The van der Waals surface area contributed by atoms with E-state index in [0.29, 0.717) is 0 Å². The molecule has 0 aromatic heterocycles. The summed E-state index contributed by atoms with van der Waals surface area (Å²) in [6.07, 6.45) is 0. The minimum Gasteiger partial charge on any atom is -0.497 e. The van der Waals surface area contributed by atoms with Crippen molar-refractivity contribution in [2.24, 2.45) is 0 Å². The zero-order valence-electron chi connectivity index (χ0n) is 30.6. The fourth-order valence-electron chi connectivity index (χ4n) is 7.99. The number of hydrogen-bond donors (Lipinski definition) is 0. The Morgan fingerprint density at radius 2 is 0.852 bits per heavy atom. The van der Waals surface area contributed by atoms with Crippen LogP contribution in [0.4, 0.5) is 51.2 Å². The van der Waals surface area contributed by atoms with Crippen LogP contribution < -0.4 is 50.0 Å². The maximum Gasteiger partial charge on any atom is 0.252 e. The van der Waals surface area contributed by atoms with E-state index in [2.05, 4.69) is 142 Å². The second-order valence-electron chi connectivity index (χ2n) is 13.2. The average molecular weight is 708 g/mol. The highest BCUT2D eigenvalue weighted by molar-refractivity contribution is 7.00. The number of hydrogen-bond acceptors (Lipinski definition) is 7. The molecule has 0 saturated heterocycles. The topological polar surface area (TPSA) is 46.6 Å². The number of ether oxygens (including phenoxy) is 4. The Morgan fingerprint density at radius 1 is 0.426 bits per heavy atom. The molecule has 0 spiro atoms. The Morgan fingerprint density at radius 3 is 1.33 bits per heavy atom. The molecule has 0 fully saturated rings. The normalized spacial score (nSPS) is 12.3. The minimum absolute atomic E-state index is 0.164. The van der Waals surface area contributed by atoms with E-state index >= 15 is 0 Å². The molecule has 8 heteroatoms. The van der Waals surface area contributed by atoms with Crippen LogP contribution >= 0.6 is 0 Å². The lowest BCUT2D eigenvalue weighted by Gasteiger charge is -2.46. The maximum atomic E-state index is 5.91. The van der Waals surface area contributed by atoms with Crippen molar-refractivity contribution in [3.63, 3.8) is 0 Å².